The van der Waals surface area contributed by atoms with Crippen molar-refractivity contribution >= 4 is 21.6 Å². The molecule has 0 aliphatic carbocycles. The molecule has 0 radical (unpaired) electrons. The Balaban J connectivity index is 1.66. The third kappa shape index (κ3) is 5.27. The zero-order valence-electron chi connectivity index (χ0n) is 16.6. The molecule has 3 rings (SSSR count). The maximum atomic E-state index is 12.8. The van der Waals surface area contributed by atoms with Crippen molar-refractivity contribution in [2.24, 2.45) is 5.92 Å². The van der Waals surface area contributed by atoms with Crippen LogP contribution in [-0.2, 0) is 20.6 Å². The zero-order chi connectivity index (χ0) is 20.9. The molecule has 156 valence electrons. The van der Waals surface area contributed by atoms with E-state index in [0.717, 1.165) is 5.56 Å². The number of amides is 1. The van der Waals surface area contributed by atoms with Crippen LogP contribution in [0.5, 0.6) is 11.5 Å². The summed E-state index contributed by atoms with van der Waals surface area (Å²) in [6.45, 7) is 0.629. The van der Waals surface area contributed by atoms with Crippen molar-refractivity contribution in [3.63, 3.8) is 0 Å². The molecule has 7 nitrogen and oxygen atoms in total. The van der Waals surface area contributed by atoms with Gasteiger partial charge in [0.2, 0.25) is 15.9 Å². The van der Waals surface area contributed by atoms with Gasteiger partial charge in [-0.3, -0.25) is 4.79 Å². The van der Waals surface area contributed by atoms with Crippen LogP contribution in [0.15, 0.2) is 48.5 Å². The molecule has 0 aromatic heterocycles. The van der Waals surface area contributed by atoms with Crippen molar-refractivity contribution < 1.29 is 22.7 Å². The van der Waals surface area contributed by atoms with Gasteiger partial charge in [0, 0.05) is 24.8 Å². The van der Waals surface area contributed by atoms with Gasteiger partial charge >= 0.3 is 0 Å². The smallest absolute Gasteiger partial charge is 0.228 e. The van der Waals surface area contributed by atoms with Gasteiger partial charge in [0.05, 0.1) is 25.9 Å². The lowest BCUT2D eigenvalue weighted by Gasteiger charge is -2.31. The molecule has 1 N–H and O–H groups in total. The third-order valence-corrected chi connectivity index (χ3v) is 6.81. The second-order valence-electron chi connectivity index (χ2n) is 7.00. The van der Waals surface area contributed by atoms with Crippen LogP contribution >= 0.6 is 0 Å². The molecule has 0 saturated carbocycles. The van der Waals surface area contributed by atoms with E-state index in [2.05, 4.69) is 5.32 Å². The summed E-state index contributed by atoms with van der Waals surface area (Å²) in [7, 11) is -0.406. The molecule has 1 aliphatic heterocycles. The average molecular weight is 419 g/mol. The van der Waals surface area contributed by atoms with Crippen molar-refractivity contribution in [1.82, 2.24) is 4.31 Å². The van der Waals surface area contributed by atoms with Crippen LogP contribution in [0, 0.1) is 5.92 Å². The minimum absolute atomic E-state index is 0.0577. The summed E-state index contributed by atoms with van der Waals surface area (Å²) >= 11 is 0. The van der Waals surface area contributed by atoms with Crippen LogP contribution in [0.4, 0.5) is 5.69 Å². The first-order valence-electron chi connectivity index (χ1n) is 9.47. The Hall–Kier alpha value is -2.58. The van der Waals surface area contributed by atoms with Crippen molar-refractivity contribution in [1.29, 1.82) is 0 Å². The van der Waals surface area contributed by atoms with Crippen LogP contribution in [0.25, 0.3) is 0 Å². The SMILES string of the molecule is COc1ccc(NC(=O)C2CCCN(S(=O)(=O)Cc3ccccc3)C2)cc1OC. The van der Waals surface area contributed by atoms with Gasteiger partial charge in [-0.15, -0.1) is 0 Å². The van der Waals surface area contributed by atoms with Crippen molar-refractivity contribution in [3.05, 3.63) is 54.1 Å². The van der Waals surface area contributed by atoms with Crippen LogP contribution in [-0.4, -0.2) is 45.9 Å². The number of piperidine rings is 1. The fourth-order valence-corrected chi connectivity index (χ4v) is 5.05. The van der Waals surface area contributed by atoms with E-state index in [1.54, 1.807) is 37.4 Å². The first-order valence-corrected chi connectivity index (χ1v) is 11.1. The minimum Gasteiger partial charge on any atom is -0.493 e. The fourth-order valence-electron chi connectivity index (χ4n) is 3.44. The van der Waals surface area contributed by atoms with E-state index in [1.165, 1.54) is 11.4 Å². The van der Waals surface area contributed by atoms with Gasteiger partial charge in [-0.2, -0.15) is 0 Å². The number of nitrogens with zero attached hydrogens (tertiary/aromatic N) is 1. The number of hydrogen-bond donors (Lipinski definition) is 1. The standard InChI is InChI=1S/C21H26N2O5S/c1-27-19-11-10-18(13-20(19)28-2)22-21(24)17-9-6-12-23(14-17)29(25,26)15-16-7-4-3-5-8-16/h3-5,7-8,10-11,13,17H,6,9,12,14-15H2,1-2H3,(H,22,24). The highest BCUT2D eigenvalue weighted by Gasteiger charge is 2.32. The largest absolute Gasteiger partial charge is 0.493 e. The van der Waals surface area contributed by atoms with Gasteiger partial charge in [0.15, 0.2) is 11.5 Å². The number of anilines is 1. The molecular formula is C21H26N2O5S. The highest BCUT2D eigenvalue weighted by molar-refractivity contribution is 7.88. The summed E-state index contributed by atoms with van der Waals surface area (Å²) in [5.41, 5.74) is 1.32. The second-order valence-corrected chi connectivity index (χ2v) is 8.97. The highest BCUT2D eigenvalue weighted by atomic mass is 32.2. The Labute approximate surface area is 171 Å². The number of sulfonamides is 1. The van der Waals surface area contributed by atoms with Crippen molar-refractivity contribution in [3.8, 4) is 11.5 Å². The van der Waals surface area contributed by atoms with E-state index in [4.69, 9.17) is 9.47 Å². The average Bonchev–Trinajstić information content (AvgIpc) is 2.74. The summed E-state index contributed by atoms with van der Waals surface area (Å²) in [6, 6.07) is 14.2. The Morgan fingerprint density at radius 1 is 1.10 bits per heavy atom. The molecule has 1 amide bonds. The Kier molecular flexibility index (Phi) is 6.76. The lowest BCUT2D eigenvalue weighted by Crippen LogP contribution is -2.44. The first kappa shape index (κ1) is 21.1. The molecule has 1 atom stereocenters. The van der Waals surface area contributed by atoms with Gasteiger partial charge in [0.25, 0.3) is 0 Å². The number of carbonyl (C=O) groups excluding carboxylic acids is 1. The number of nitrogens with one attached hydrogen (secondary N) is 1. The fraction of sp³-hybridized carbons (Fsp3) is 0.381. The maximum Gasteiger partial charge on any atom is 0.228 e. The van der Waals surface area contributed by atoms with Gasteiger partial charge in [-0.1, -0.05) is 30.3 Å². The zero-order valence-corrected chi connectivity index (χ0v) is 17.4. The van der Waals surface area contributed by atoms with E-state index < -0.39 is 15.9 Å². The number of methoxy groups -OCH3 is 2. The lowest BCUT2D eigenvalue weighted by atomic mass is 9.98. The number of carbonyl (C=O) groups is 1. The Morgan fingerprint density at radius 3 is 2.52 bits per heavy atom. The highest BCUT2D eigenvalue weighted by Crippen LogP contribution is 2.30. The minimum atomic E-state index is -3.48. The molecule has 8 heteroatoms. The lowest BCUT2D eigenvalue weighted by molar-refractivity contribution is -0.120. The molecule has 1 aliphatic rings. The molecule has 1 fully saturated rings. The number of rotatable bonds is 7. The van der Waals surface area contributed by atoms with Crippen LogP contribution in [0.1, 0.15) is 18.4 Å². The van der Waals surface area contributed by atoms with E-state index in [-0.39, 0.29) is 18.2 Å². The predicted molar refractivity (Wildman–Crippen MR) is 112 cm³/mol. The summed E-state index contributed by atoms with van der Waals surface area (Å²) in [5, 5.41) is 2.86. The molecule has 2 aromatic rings. The summed E-state index contributed by atoms with van der Waals surface area (Å²) < 4.78 is 37.5. The van der Waals surface area contributed by atoms with E-state index >= 15 is 0 Å². The van der Waals surface area contributed by atoms with Gasteiger partial charge in [0.1, 0.15) is 0 Å². The topological polar surface area (TPSA) is 84.9 Å². The first-order chi connectivity index (χ1) is 13.9. The predicted octanol–water partition coefficient (Wildman–Crippen LogP) is 2.88. The molecule has 1 unspecified atom stereocenters. The molecule has 0 bridgehead atoms. The number of ether oxygens (including phenoxy) is 2. The van der Waals surface area contributed by atoms with Crippen LogP contribution in [0.2, 0.25) is 0 Å². The van der Waals surface area contributed by atoms with E-state index in [0.29, 0.717) is 36.6 Å². The van der Waals surface area contributed by atoms with Crippen LogP contribution in [0.3, 0.4) is 0 Å². The normalized spacial score (nSPS) is 17.5. The van der Waals surface area contributed by atoms with Gasteiger partial charge in [-0.25, -0.2) is 12.7 Å². The van der Waals surface area contributed by atoms with Crippen LogP contribution < -0.4 is 14.8 Å². The summed E-state index contributed by atoms with van der Waals surface area (Å²) in [4.78, 5) is 12.7. The summed E-state index contributed by atoms with van der Waals surface area (Å²) in [6.07, 6.45) is 1.30. The summed E-state index contributed by atoms with van der Waals surface area (Å²) in [5.74, 6) is 0.430. The molecule has 2 aromatic carbocycles. The Morgan fingerprint density at radius 2 is 1.83 bits per heavy atom. The molecule has 29 heavy (non-hydrogen) atoms. The Bertz CT molecular complexity index is 947. The molecular weight excluding hydrogens is 392 g/mol. The third-order valence-electron chi connectivity index (χ3n) is 4.99. The van der Waals surface area contributed by atoms with E-state index in [1.807, 2.05) is 18.2 Å². The maximum absolute atomic E-state index is 12.8. The van der Waals surface area contributed by atoms with Crippen molar-refractivity contribution in [2.75, 3.05) is 32.6 Å². The quantitative estimate of drug-likeness (QED) is 0.747. The number of hydrogen-bond acceptors (Lipinski definition) is 5. The van der Waals surface area contributed by atoms with Gasteiger partial charge < -0.3 is 14.8 Å². The number of benzene rings is 2. The van der Waals surface area contributed by atoms with Crippen molar-refractivity contribution in [2.45, 2.75) is 18.6 Å². The molecule has 1 heterocycles. The monoisotopic (exact) mass is 418 g/mol. The molecule has 0 spiro atoms. The van der Waals surface area contributed by atoms with E-state index in [9.17, 15) is 13.2 Å². The second kappa shape index (κ2) is 9.28. The van der Waals surface area contributed by atoms with Gasteiger partial charge in [-0.05, 0) is 30.5 Å². The molecule has 1 saturated heterocycles.